The molecule has 0 radical (unpaired) electrons. The lowest BCUT2D eigenvalue weighted by atomic mass is 10.1. The Balaban J connectivity index is 1.54. The molecule has 26 heavy (non-hydrogen) atoms. The van der Waals surface area contributed by atoms with Crippen LogP contribution in [0.15, 0.2) is 47.4 Å². The van der Waals surface area contributed by atoms with E-state index in [1.165, 1.54) is 0 Å². The van der Waals surface area contributed by atoms with Gasteiger partial charge in [0.25, 0.3) is 0 Å². The number of rotatable bonds is 7. The lowest BCUT2D eigenvalue weighted by molar-refractivity contribution is -0.614. The zero-order chi connectivity index (χ0) is 18.5. The third-order valence-corrected chi connectivity index (χ3v) is 4.95. The SMILES string of the molecule is CCc1ccc(CCOc2ccc(Cc3sc(=O)[nH]c3O)cc2)[n+]([O-])c1. The molecule has 0 aliphatic rings. The monoisotopic (exact) mass is 372 g/mol. The number of hydrogen-bond donors (Lipinski definition) is 2. The quantitative estimate of drug-likeness (QED) is 0.493. The number of thiazole rings is 1. The van der Waals surface area contributed by atoms with Gasteiger partial charge in [0, 0.05) is 18.1 Å². The van der Waals surface area contributed by atoms with Crippen LogP contribution in [0.4, 0.5) is 0 Å². The second-order valence-corrected chi connectivity index (χ2v) is 6.98. The number of H-pyrrole nitrogens is 1. The summed E-state index contributed by atoms with van der Waals surface area (Å²) in [5, 5.41) is 21.5. The van der Waals surface area contributed by atoms with E-state index >= 15 is 0 Å². The minimum atomic E-state index is -0.264. The van der Waals surface area contributed by atoms with E-state index in [4.69, 9.17) is 4.74 Å². The van der Waals surface area contributed by atoms with Crippen LogP contribution in [0.3, 0.4) is 0 Å². The van der Waals surface area contributed by atoms with Crippen molar-refractivity contribution in [1.29, 1.82) is 0 Å². The Bertz CT molecular complexity index is 931. The highest BCUT2D eigenvalue weighted by Gasteiger charge is 2.09. The van der Waals surface area contributed by atoms with Crippen molar-refractivity contribution in [2.45, 2.75) is 26.2 Å². The van der Waals surface area contributed by atoms with E-state index in [-0.39, 0.29) is 10.8 Å². The molecule has 0 atom stereocenters. The van der Waals surface area contributed by atoms with Gasteiger partial charge in [-0.2, -0.15) is 4.73 Å². The topological polar surface area (TPSA) is 89.3 Å². The van der Waals surface area contributed by atoms with Gasteiger partial charge in [0.15, 0.2) is 11.9 Å². The molecule has 0 saturated heterocycles. The highest BCUT2D eigenvalue weighted by Crippen LogP contribution is 2.21. The maximum absolute atomic E-state index is 11.9. The average molecular weight is 372 g/mol. The van der Waals surface area contributed by atoms with E-state index in [0.717, 1.165) is 33.6 Å². The highest BCUT2D eigenvalue weighted by atomic mass is 32.1. The molecule has 0 amide bonds. The maximum Gasteiger partial charge on any atom is 0.307 e. The van der Waals surface area contributed by atoms with Crippen LogP contribution >= 0.6 is 11.3 Å². The molecule has 2 heterocycles. The zero-order valence-electron chi connectivity index (χ0n) is 14.4. The molecular formula is C19H20N2O4S. The van der Waals surface area contributed by atoms with Crippen LogP contribution in [0.2, 0.25) is 0 Å². The molecule has 2 aromatic heterocycles. The van der Waals surface area contributed by atoms with Gasteiger partial charge < -0.3 is 15.1 Å². The van der Waals surface area contributed by atoms with Gasteiger partial charge in [0.05, 0.1) is 17.9 Å². The van der Waals surface area contributed by atoms with Crippen LogP contribution in [0.25, 0.3) is 0 Å². The number of pyridine rings is 1. The number of hydrogen-bond acceptors (Lipinski definition) is 5. The van der Waals surface area contributed by atoms with Crippen molar-refractivity contribution in [3.05, 3.63) is 79.2 Å². The largest absolute Gasteiger partial charge is 0.618 e. The first-order valence-corrected chi connectivity index (χ1v) is 9.20. The van der Waals surface area contributed by atoms with E-state index in [1.807, 2.05) is 43.3 Å². The predicted octanol–water partition coefficient (Wildman–Crippen LogP) is 2.55. The van der Waals surface area contributed by atoms with Gasteiger partial charge in [-0.1, -0.05) is 30.4 Å². The number of nitrogens with zero attached hydrogens (tertiary/aromatic N) is 1. The van der Waals surface area contributed by atoms with E-state index in [9.17, 15) is 15.1 Å². The molecule has 0 bridgehead atoms. The van der Waals surface area contributed by atoms with Gasteiger partial charge in [-0.25, -0.2) is 0 Å². The Morgan fingerprint density at radius 1 is 1.19 bits per heavy atom. The van der Waals surface area contributed by atoms with Crippen LogP contribution in [0, 0.1) is 5.21 Å². The normalized spacial score (nSPS) is 10.8. The van der Waals surface area contributed by atoms with Gasteiger partial charge in [0.2, 0.25) is 5.88 Å². The lowest BCUT2D eigenvalue weighted by Crippen LogP contribution is -2.32. The van der Waals surface area contributed by atoms with Crippen LogP contribution in [0.1, 0.15) is 28.6 Å². The molecule has 7 heteroatoms. The summed E-state index contributed by atoms with van der Waals surface area (Å²) < 4.78 is 6.60. The molecule has 6 nitrogen and oxygen atoms in total. The summed E-state index contributed by atoms with van der Waals surface area (Å²) in [6.07, 6.45) is 3.45. The number of benzene rings is 1. The number of ether oxygens (including phenoxy) is 1. The first-order chi connectivity index (χ1) is 12.5. The summed E-state index contributed by atoms with van der Waals surface area (Å²) in [4.78, 5) is 13.9. The molecule has 0 unspecified atom stereocenters. The first kappa shape index (κ1) is 18.0. The summed E-state index contributed by atoms with van der Waals surface area (Å²) in [5.74, 6) is 0.642. The molecule has 0 aliphatic heterocycles. The number of aryl methyl sites for hydroxylation is 1. The fourth-order valence-electron chi connectivity index (χ4n) is 2.59. The van der Waals surface area contributed by atoms with Crippen LogP contribution in [0.5, 0.6) is 11.6 Å². The van der Waals surface area contributed by atoms with Crippen molar-refractivity contribution in [2.75, 3.05) is 6.61 Å². The minimum absolute atomic E-state index is 0.0691. The van der Waals surface area contributed by atoms with Crippen molar-refractivity contribution in [3.8, 4) is 11.6 Å². The molecule has 136 valence electrons. The third kappa shape index (κ3) is 4.43. The number of nitrogens with one attached hydrogen (secondary N) is 1. The molecule has 0 saturated carbocycles. The van der Waals surface area contributed by atoms with Crippen LogP contribution in [-0.4, -0.2) is 16.7 Å². The zero-order valence-corrected chi connectivity index (χ0v) is 15.2. The molecule has 1 aromatic carbocycles. The van der Waals surface area contributed by atoms with Crippen LogP contribution in [-0.2, 0) is 19.3 Å². The van der Waals surface area contributed by atoms with Crippen molar-refractivity contribution in [2.24, 2.45) is 0 Å². The Morgan fingerprint density at radius 2 is 1.92 bits per heavy atom. The fraction of sp³-hybridized carbons (Fsp3) is 0.263. The number of aromatic nitrogens is 2. The highest BCUT2D eigenvalue weighted by molar-refractivity contribution is 7.09. The molecule has 0 fully saturated rings. The van der Waals surface area contributed by atoms with Gasteiger partial charge in [-0.15, -0.1) is 0 Å². The minimum Gasteiger partial charge on any atom is -0.618 e. The Morgan fingerprint density at radius 3 is 2.54 bits per heavy atom. The van der Waals surface area contributed by atoms with E-state index in [0.29, 0.717) is 35.8 Å². The van der Waals surface area contributed by atoms with Gasteiger partial charge in [-0.05, 0) is 30.2 Å². The molecule has 3 rings (SSSR count). The second kappa shape index (κ2) is 8.05. The fourth-order valence-corrected chi connectivity index (χ4v) is 3.35. The van der Waals surface area contributed by atoms with Crippen molar-refractivity contribution in [1.82, 2.24) is 4.98 Å². The average Bonchev–Trinajstić information content (AvgIpc) is 2.95. The predicted molar refractivity (Wildman–Crippen MR) is 99.8 cm³/mol. The Labute approximate surface area is 154 Å². The van der Waals surface area contributed by atoms with Crippen molar-refractivity contribution < 1.29 is 14.6 Å². The molecular weight excluding hydrogens is 352 g/mol. The van der Waals surface area contributed by atoms with Gasteiger partial charge in [-0.3, -0.25) is 9.78 Å². The number of aromatic amines is 1. The Hall–Kier alpha value is -2.80. The van der Waals surface area contributed by atoms with Crippen LogP contribution < -0.4 is 14.3 Å². The Kier molecular flexibility index (Phi) is 5.58. The molecule has 2 N–H and O–H groups in total. The lowest BCUT2D eigenvalue weighted by Gasteiger charge is -2.08. The van der Waals surface area contributed by atoms with Gasteiger partial charge in [0.1, 0.15) is 5.75 Å². The van der Waals surface area contributed by atoms with E-state index in [2.05, 4.69) is 4.98 Å². The van der Waals surface area contributed by atoms with E-state index < -0.39 is 0 Å². The summed E-state index contributed by atoms with van der Waals surface area (Å²) in [6.45, 7) is 2.42. The second-order valence-electron chi connectivity index (χ2n) is 5.91. The molecule has 3 aromatic rings. The summed E-state index contributed by atoms with van der Waals surface area (Å²) in [6, 6.07) is 11.3. The summed E-state index contributed by atoms with van der Waals surface area (Å²) in [7, 11) is 0. The summed E-state index contributed by atoms with van der Waals surface area (Å²) >= 11 is 1.00. The molecule has 0 spiro atoms. The maximum atomic E-state index is 11.9. The standard InChI is InChI=1S/C19H20N2O4S/c1-2-13-3-6-15(21(24)12-13)9-10-25-16-7-4-14(5-8-16)11-17-18(22)20-19(23)26-17/h3-8,12,22H,2,9-11H2,1H3,(H,20,23). The smallest absolute Gasteiger partial charge is 0.307 e. The van der Waals surface area contributed by atoms with Crippen molar-refractivity contribution >= 4 is 11.3 Å². The third-order valence-electron chi connectivity index (χ3n) is 4.08. The first-order valence-electron chi connectivity index (χ1n) is 8.39. The van der Waals surface area contributed by atoms with Gasteiger partial charge >= 0.3 is 4.87 Å². The summed E-state index contributed by atoms with van der Waals surface area (Å²) in [5.41, 5.74) is 2.66. The van der Waals surface area contributed by atoms with E-state index in [1.54, 1.807) is 6.20 Å². The number of aromatic hydroxyl groups is 1. The molecule has 0 aliphatic carbocycles. The van der Waals surface area contributed by atoms with Crippen molar-refractivity contribution in [3.63, 3.8) is 0 Å².